The molecule has 0 aliphatic carbocycles. The van der Waals surface area contributed by atoms with Crippen molar-refractivity contribution in [3.05, 3.63) is 29.7 Å². The highest BCUT2D eigenvalue weighted by Crippen LogP contribution is 2.27. The zero-order valence-corrected chi connectivity index (χ0v) is 10.6. The van der Waals surface area contributed by atoms with Gasteiger partial charge in [0.1, 0.15) is 5.52 Å². The highest BCUT2D eigenvalue weighted by atomic mass is 16.3. The smallest absolute Gasteiger partial charge is 0.192 e. The second-order valence-electron chi connectivity index (χ2n) is 4.84. The maximum Gasteiger partial charge on any atom is 0.192 e. The van der Waals surface area contributed by atoms with E-state index in [1.54, 1.807) is 13.8 Å². The van der Waals surface area contributed by atoms with Gasteiger partial charge in [-0.05, 0) is 38.6 Å². The molecule has 0 radical (unpaired) electrons. The Kier molecular flexibility index (Phi) is 2.93. The summed E-state index contributed by atoms with van der Waals surface area (Å²) in [7, 11) is 1.83. The fraction of sp³-hybridized carbons (Fsp3) is 0.462. The molecule has 0 spiro atoms. The summed E-state index contributed by atoms with van der Waals surface area (Å²) in [6.45, 7) is 5.39. The third kappa shape index (κ3) is 2.33. The van der Waals surface area contributed by atoms with Crippen LogP contribution in [0.4, 0.5) is 0 Å². The van der Waals surface area contributed by atoms with Crippen molar-refractivity contribution in [1.82, 2.24) is 10.3 Å². The Morgan fingerprint density at radius 2 is 2.12 bits per heavy atom. The molecular formula is C13H18N2O2. The number of oxazole rings is 1. The Hall–Kier alpha value is -1.39. The molecule has 0 saturated heterocycles. The average molecular weight is 234 g/mol. The molecule has 0 fully saturated rings. The summed E-state index contributed by atoms with van der Waals surface area (Å²) in [5.41, 5.74) is 1.77. The van der Waals surface area contributed by atoms with Crippen LogP contribution in [0.25, 0.3) is 11.1 Å². The summed E-state index contributed by atoms with van der Waals surface area (Å²) in [6, 6.07) is 5.65. The fourth-order valence-electron chi connectivity index (χ4n) is 2.17. The molecule has 1 aromatic heterocycles. The van der Waals surface area contributed by atoms with E-state index in [0.717, 1.165) is 16.7 Å². The number of aryl methyl sites for hydroxylation is 1. The average Bonchev–Trinajstić information content (AvgIpc) is 2.56. The molecule has 1 heterocycles. The van der Waals surface area contributed by atoms with Crippen LogP contribution >= 0.6 is 0 Å². The van der Waals surface area contributed by atoms with Crippen molar-refractivity contribution in [1.29, 1.82) is 0 Å². The normalized spacial score (nSPS) is 14.2. The van der Waals surface area contributed by atoms with Crippen LogP contribution < -0.4 is 5.32 Å². The third-order valence-corrected chi connectivity index (χ3v) is 2.85. The number of likely N-dealkylation sites (N-methyl/N-ethyl adjacent to an activating group) is 1. The number of hydrogen-bond acceptors (Lipinski definition) is 4. The van der Waals surface area contributed by atoms with Gasteiger partial charge < -0.3 is 14.8 Å². The zero-order chi connectivity index (χ0) is 12.6. The van der Waals surface area contributed by atoms with E-state index in [-0.39, 0.29) is 6.04 Å². The van der Waals surface area contributed by atoms with Gasteiger partial charge in [-0.3, -0.25) is 0 Å². The molecule has 0 aliphatic rings. The van der Waals surface area contributed by atoms with Crippen LogP contribution in [0.15, 0.2) is 22.6 Å². The van der Waals surface area contributed by atoms with Gasteiger partial charge in [0, 0.05) is 6.92 Å². The van der Waals surface area contributed by atoms with Crippen LogP contribution in [0, 0.1) is 6.92 Å². The van der Waals surface area contributed by atoms with E-state index in [2.05, 4.69) is 10.3 Å². The van der Waals surface area contributed by atoms with Gasteiger partial charge in [0.25, 0.3) is 0 Å². The first-order valence-corrected chi connectivity index (χ1v) is 5.68. The molecule has 0 bridgehead atoms. The maximum absolute atomic E-state index is 10.1. The zero-order valence-electron chi connectivity index (χ0n) is 10.6. The van der Waals surface area contributed by atoms with Crippen LogP contribution in [0.2, 0.25) is 0 Å². The third-order valence-electron chi connectivity index (χ3n) is 2.85. The number of benzene rings is 1. The van der Waals surface area contributed by atoms with Crippen molar-refractivity contribution < 1.29 is 9.52 Å². The second kappa shape index (κ2) is 4.13. The van der Waals surface area contributed by atoms with Crippen molar-refractivity contribution in [3.8, 4) is 0 Å². The lowest BCUT2D eigenvalue weighted by molar-refractivity contribution is 0.0401. The fourth-order valence-corrected chi connectivity index (χ4v) is 2.17. The molecule has 2 rings (SSSR count). The number of fused-ring (bicyclic) bond motifs is 1. The van der Waals surface area contributed by atoms with E-state index in [4.69, 9.17) is 4.42 Å². The minimum atomic E-state index is -0.832. The summed E-state index contributed by atoms with van der Waals surface area (Å²) >= 11 is 0. The number of nitrogens with zero attached hydrogens (tertiary/aromatic N) is 1. The van der Waals surface area contributed by atoms with Gasteiger partial charge in [-0.25, -0.2) is 4.98 Å². The van der Waals surface area contributed by atoms with Crippen LogP contribution in [0.3, 0.4) is 0 Å². The molecule has 1 unspecified atom stereocenters. The van der Waals surface area contributed by atoms with Gasteiger partial charge in [0.15, 0.2) is 11.5 Å². The van der Waals surface area contributed by atoms with Crippen molar-refractivity contribution in [2.24, 2.45) is 0 Å². The lowest BCUT2D eigenvalue weighted by Gasteiger charge is -2.29. The number of hydrogen-bond donors (Lipinski definition) is 2. The lowest BCUT2D eigenvalue weighted by Crippen LogP contribution is -2.37. The van der Waals surface area contributed by atoms with Crippen LogP contribution in [-0.2, 0) is 0 Å². The molecule has 17 heavy (non-hydrogen) atoms. The molecule has 0 saturated carbocycles. The highest BCUT2D eigenvalue weighted by molar-refractivity contribution is 5.73. The summed E-state index contributed by atoms with van der Waals surface area (Å²) in [5.74, 6) is 0.654. The van der Waals surface area contributed by atoms with E-state index < -0.39 is 5.60 Å². The first-order valence-electron chi connectivity index (χ1n) is 5.68. The van der Waals surface area contributed by atoms with E-state index in [0.29, 0.717) is 5.89 Å². The van der Waals surface area contributed by atoms with Gasteiger partial charge in [-0.2, -0.15) is 0 Å². The van der Waals surface area contributed by atoms with E-state index in [1.165, 1.54) is 0 Å². The summed E-state index contributed by atoms with van der Waals surface area (Å²) in [6.07, 6.45) is 0. The number of aromatic nitrogens is 1. The van der Waals surface area contributed by atoms with Gasteiger partial charge in [-0.15, -0.1) is 0 Å². The Labute approximate surface area is 101 Å². The van der Waals surface area contributed by atoms with Gasteiger partial charge in [-0.1, -0.05) is 6.07 Å². The Morgan fingerprint density at radius 3 is 2.71 bits per heavy atom. The predicted octanol–water partition coefficient (Wildman–Crippen LogP) is 2.17. The number of nitrogens with one attached hydrogen (secondary N) is 1. The van der Waals surface area contributed by atoms with Crippen LogP contribution in [-0.4, -0.2) is 22.7 Å². The first-order chi connectivity index (χ1) is 7.91. The predicted molar refractivity (Wildman–Crippen MR) is 66.8 cm³/mol. The van der Waals surface area contributed by atoms with Crippen LogP contribution in [0.5, 0.6) is 0 Å². The standard InChI is InChI=1S/C13H18N2O2/c1-8-15-10-7-9(5-6-11(10)17-8)12(14-4)13(2,3)16/h5-7,12,14,16H,1-4H3. The quantitative estimate of drug-likeness (QED) is 0.854. The molecule has 4 heteroatoms. The molecule has 0 amide bonds. The lowest BCUT2D eigenvalue weighted by atomic mass is 9.92. The van der Waals surface area contributed by atoms with Crippen molar-refractivity contribution in [2.75, 3.05) is 7.05 Å². The molecular weight excluding hydrogens is 216 g/mol. The van der Waals surface area contributed by atoms with Gasteiger partial charge >= 0.3 is 0 Å². The Balaban J connectivity index is 2.47. The van der Waals surface area contributed by atoms with Gasteiger partial charge in [0.05, 0.1) is 11.6 Å². The SMILES string of the molecule is CNC(c1ccc2oc(C)nc2c1)C(C)(C)O. The monoisotopic (exact) mass is 234 g/mol. The topological polar surface area (TPSA) is 58.3 Å². The first kappa shape index (κ1) is 12.1. The largest absolute Gasteiger partial charge is 0.441 e. The minimum absolute atomic E-state index is 0.135. The van der Waals surface area contributed by atoms with Crippen molar-refractivity contribution >= 4 is 11.1 Å². The molecule has 2 aromatic rings. The molecule has 1 atom stereocenters. The summed E-state index contributed by atoms with van der Waals surface area (Å²) in [4.78, 5) is 4.30. The van der Waals surface area contributed by atoms with E-state index in [1.807, 2.05) is 32.2 Å². The molecule has 0 aliphatic heterocycles. The van der Waals surface area contributed by atoms with Crippen molar-refractivity contribution in [3.63, 3.8) is 0 Å². The highest BCUT2D eigenvalue weighted by Gasteiger charge is 2.27. The molecule has 1 aromatic carbocycles. The van der Waals surface area contributed by atoms with Crippen LogP contribution in [0.1, 0.15) is 31.3 Å². The van der Waals surface area contributed by atoms with Crippen molar-refractivity contribution in [2.45, 2.75) is 32.4 Å². The van der Waals surface area contributed by atoms with E-state index in [9.17, 15) is 5.11 Å². The van der Waals surface area contributed by atoms with E-state index >= 15 is 0 Å². The second-order valence-corrected chi connectivity index (χ2v) is 4.84. The molecule has 4 nitrogen and oxygen atoms in total. The summed E-state index contributed by atoms with van der Waals surface area (Å²) in [5, 5.41) is 13.2. The van der Waals surface area contributed by atoms with Gasteiger partial charge in [0.2, 0.25) is 0 Å². The maximum atomic E-state index is 10.1. The Bertz CT molecular complexity index is 526. The number of rotatable bonds is 3. The molecule has 92 valence electrons. The summed E-state index contributed by atoms with van der Waals surface area (Å²) < 4.78 is 5.43. The number of aliphatic hydroxyl groups is 1. The Morgan fingerprint density at radius 1 is 1.41 bits per heavy atom. The minimum Gasteiger partial charge on any atom is -0.441 e. The molecule has 2 N–H and O–H groups in total.